The Morgan fingerprint density at radius 2 is 2.00 bits per heavy atom. The van der Waals surface area contributed by atoms with Gasteiger partial charge >= 0.3 is 6.18 Å². The predicted octanol–water partition coefficient (Wildman–Crippen LogP) is 2.30. The first kappa shape index (κ1) is 18.2. The van der Waals surface area contributed by atoms with Crippen molar-refractivity contribution < 1.29 is 17.9 Å². The molecule has 1 fully saturated rings. The second kappa shape index (κ2) is 7.43. The van der Waals surface area contributed by atoms with Crippen LogP contribution in [-0.4, -0.2) is 50.4 Å². The largest absolute Gasteiger partial charge is 0.433 e. The van der Waals surface area contributed by atoms with Crippen molar-refractivity contribution in [2.45, 2.75) is 44.8 Å². The van der Waals surface area contributed by atoms with Crippen molar-refractivity contribution >= 4 is 5.82 Å². The van der Waals surface area contributed by atoms with Crippen LogP contribution in [0.25, 0.3) is 0 Å². The van der Waals surface area contributed by atoms with Crippen LogP contribution >= 0.6 is 0 Å². The smallest absolute Gasteiger partial charge is 0.373 e. The summed E-state index contributed by atoms with van der Waals surface area (Å²) in [6.45, 7) is 4.63. The van der Waals surface area contributed by atoms with E-state index in [1.165, 1.54) is 5.56 Å². The molecule has 0 bridgehead atoms. The Bertz CT molecular complexity index is 785. The summed E-state index contributed by atoms with van der Waals surface area (Å²) in [6.07, 6.45) is 0.0767. The van der Waals surface area contributed by atoms with Crippen molar-refractivity contribution in [3.05, 3.63) is 35.5 Å². The summed E-state index contributed by atoms with van der Waals surface area (Å²) < 4.78 is 45.8. The summed E-state index contributed by atoms with van der Waals surface area (Å²) in [5, 5.41) is 7.52. The lowest BCUT2D eigenvalue weighted by Crippen LogP contribution is -2.39. The molecule has 2 aliphatic heterocycles. The van der Waals surface area contributed by atoms with E-state index < -0.39 is 11.9 Å². The number of likely N-dealkylation sites (tertiary alicyclic amines) is 1. The van der Waals surface area contributed by atoms with Gasteiger partial charge < -0.3 is 10.1 Å². The van der Waals surface area contributed by atoms with Crippen molar-refractivity contribution in [3.8, 4) is 0 Å². The lowest BCUT2D eigenvalue weighted by molar-refractivity contribution is -0.141. The summed E-state index contributed by atoms with van der Waals surface area (Å²) in [5.41, 5.74) is 1.40. The highest BCUT2D eigenvalue weighted by atomic mass is 19.4. The maximum Gasteiger partial charge on any atom is 0.433 e. The molecule has 4 rings (SSSR count). The molecule has 0 atom stereocenters. The predicted molar refractivity (Wildman–Crippen MR) is 90.8 cm³/mol. The average molecular weight is 382 g/mol. The van der Waals surface area contributed by atoms with Crippen LogP contribution in [0.1, 0.15) is 29.8 Å². The molecule has 7 nitrogen and oxygen atoms in total. The number of piperidine rings is 1. The molecule has 0 saturated carbocycles. The van der Waals surface area contributed by atoms with E-state index in [1.54, 1.807) is 0 Å². The third kappa shape index (κ3) is 4.22. The second-order valence-corrected chi connectivity index (χ2v) is 6.87. The van der Waals surface area contributed by atoms with Gasteiger partial charge in [0.25, 0.3) is 0 Å². The molecule has 2 aliphatic rings. The lowest BCUT2D eigenvalue weighted by Gasteiger charge is -2.32. The molecular formula is C17H21F3N6O. The van der Waals surface area contributed by atoms with Crippen molar-refractivity contribution in [2.75, 3.05) is 25.0 Å². The number of alkyl halides is 3. The Balaban J connectivity index is 1.31. The monoisotopic (exact) mass is 382 g/mol. The maximum atomic E-state index is 12.8. The molecule has 27 heavy (non-hydrogen) atoms. The molecule has 146 valence electrons. The first-order chi connectivity index (χ1) is 13.0. The minimum absolute atomic E-state index is 0.0987. The van der Waals surface area contributed by atoms with Gasteiger partial charge in [0.05, 0.1) is 31.6 Å². The van der Waals surface area contributed by atoms with Crippen LogP contribution in [0, 0.1) is 0 Å². The molecule has 0 radical (unpaired) electrons. The van der Waals surface area contributed by atoms with Crippen molar-refractivity contribution in [2.24, 2.45) is 0 Å². The van der Waals surface area contributed by atoms with Crippen molar-refractivity contribution in [1.82, 2.24) is 24.6 Å². The standard InChI is InChI=1S/C17H21F3N6O/c18-17(19,20)15-7-16(22-11-21-15)24-13-1-3-25(4-2-13)9-12-8-23-26-5-6-27-10-14(12)26/h7-8,11,13H,1-6,9-10H2,(H,21,22,24). The van der Waals surface area contributed by atoms with Crippen LogP contribution in [-0.2, 0) is 30.6 Å². The summed E-state index contributed by atoms with van der Waals surface area (Å²) in [5.74, 6) is 0.221. The highest BCUT2D eigenvalue weighted by molar-refractivity contribution is 5.37. The molecule has 1 N–H and O–H groups in total. The SMILES string of the molecule is FC(F)(F)c1cc(NC2CCN(Cc3cnn4c3COCC4)CC2)ncn1. The Labute approximate surface area is 154 Å². The molecule has 1 saturated heterocycles. The third-order valence-electron chi connectivity index (χ3n) is 5.01. The van der Waals surface area contributed by atoms with Crippen molar-refractivity contribution in [1.29, 1.82) is 0 Å². The lowest BCUT2D eigenvalue weighted by atomic mass is 10.0. The van der Waals surface area contributed by atoms with Gasteiger partial charge in [-0.2, -0.15) is 18.3 Å². The normalized spacial score (nSPS) is 19.1. The fourth-order valence-corrected chi connectivity index (χ4v) is 3.54. The third-order valence-corrected chi connectivity index (χ3v) is 5.01. The van der Waals surface area contributed by atoms with E-state index in [2.05, 4.69) is 25.3 Å². The topological polar surface area (TPSA) is 68.1 Å². The molecule has 0 aliphatic carbocycles. The first-order valence-corrected chi connectivity index (χ1v) is 8.98. The number of hydrogen-bond acceptors (Lipinski definition) is 6. The number of nitrogens with one attached hydrogen (secondary N) is 1. The van der Waals surface area contributed by atoms with Gasteiger partial charge in [-0.05, 0) is 12.8 Å². The van der Waals surface area contributed by atoms with Crippen molar-refractivity contribution in [3.63, 3.8) is 0 Å². The molecular weight excluding hydrogens is 361 g/mol. The number of hydrogen-bond donors (Lipinski definition) is 1. The molecule has 2 aromatic heterocycles. The van der Waals surface area contributed by atoms with Crippen LogP contribution in [0.15, 0.2) is 18.6 Å². The van der Waals surface area contributed by atoms with Gasteiger partial charge in [-0.15, -0.1) is 0 Å². The van der Waals surface area contributed by atoms with Gasteiger partial charge in [0.1, 0.15) is 17.8 Å². The molecule has 0 aromatic carbocycles. The molecule has 0 amide bonds. The minimum Gasteiger partial charge on any atom is -0.373 e. The molecule has 0 spiro atoms. The number of fused-ring (bicyclic) bond motifs is 1. The van der Waals surface area contributed by atoms with Gasteiger partial charge in [-0.3, -0.25) is 9.58 Å². The van der Waals surface area contributed by atoms with E-state index in [9.17, 15) is 13.2 Å². The number of aromatic nitrogens is 4. The molecule has 4 heterocycles. The van der Waals surface area contributed by atoms with E-state index in [1.807, 2.05) is 10.9 Å². The average Bonchev–Trinajstić information content (AvgIpc) is 3.06. The van der Waals surface area contributed by atoms with Crippen LogP contribution in [0.2, 0.25) is 0 Å². The van der Waals surface area contributed by atoms with Crippen LogP contribution in [0.3, 0.4) is 0 Å². The number of anilines is 1. The summed E-state index contributed by atoms with van der Waals surface area (Å²) in [4.78, 5) is 9.54. The number of nitrogens with zero attached hydrogens (tertiary/aromatic N) is 5. The summed E-state index contributed by atoms with van der Waals surface area (Å²) in [7, 11) is 0. The zero-order valence-corrected chi connectivity index (χ0v) is 14.7. The quantitative estimate of drug-likeness (QED) is 0.875. The van der Waals surface area contributed by atoms with Gasteiger partial charge in [-0.25, -0.2) is 9.97 Å². The Hall–Kier alpha value is -2.20. The zero-order valence-electron chi connectivity index (χ0n) is 14.7. The number of halogens is 3. The molecule has 2 aromatic rings. The van der Waals surface area contributed by atoms with E-state index >= 15 is 0 Å². The van der Waals surface area contributed by atoms with Crippen LogP contribution in [0.5, 0.6) is 0 Å². The van der Waals surface area contributed by atoms with E-state index in [0.29, 0.717) is 13.2 Å². The summed E-state index contributed by atoms with van der Waals surface area (Å²) in [6, 6.07) is 1.06. The minimum atomic E-state index is -4.46. The Kier molecular flexibility index (Phi) is 5.00. The van der Waals surface area contributed by atoms with Crippen LogP contribution < -0.4 is 5.32 Å². The number of ether oxygens (including phenoxy) is 1. The van der Waals surface area contributed by atoms with Gasteiger partial charge in [0.15, 0.2) is 0 Å². The van der Waals surface area contributed by atoms with E-state index in [-0.39, 0.29) is 11.9 Å². The molecule has 10 heteroatoms. The van der Waals surface area contributed by atoms with Gasteiger partial charge in [0, 0.05) is 37.3 Å². The van der Waals surface area contributed by atoms with Gasteiger partial charge in [-0.1, -0.05) is 0 Å². The van der Waals surface area contributed by atoms with Gasteiger partial charge in [0.2, 0.25) is 0 Å². The highest BCUT2D eigenvalue weighted by Gasteiger charge is 2.33. The Morgan fingerprint density at radius 1 is 1.19 bits per heavy atom. The van der Waals surface area contributed by atoms with E-state index in [4.69, 9.17) is 4.74 Å². The fraction of sp³-hybridized carbons (Fsp3) is 0.588. The number of rotatable bonds is 4. The van der Waals surface area contributed by atoms with E-state index in [0.717, 1.165) is 57.1 Å². The fourth-order valence-electron chi connectivity index (χ4n) is 3.54. The molecule has 0 unspecified atom stereocenters. The summed E-state index contributed by atoms with van der Waals surface area (Å²) >= 11 is 0. The highest BCUT2D eigenvalue weighted by Crippen LogP contribution is 2.28. The van der Waals surface area contributed by atoms with Crippen LogP contribution in [0.4, 0.5) is 19.0 Å². The Morgan fingerprint density at radius 3 is 2.78 bits per heavy atom. The first-order valence-electron chi connectivity index (χ1n) is 8.98. The maximum absolute atomic E-state index is 12.8. The second-order valence-electron chi connectivity index (χ2n) is 6.87. The zero-order chi connectivity index (χ0) is 18.9.